The molecular formula is C13H15F3O2S. The summed E-state index contributed by atoms with van der Waals surface area (Å²) in [5, 5.41) is 10.3. The number of benzene rings is 1. The summed E-state index contributed by atoms with van der Waals surface area (Å²) in [5.41, 5.74) is 0.473. The van der Waals surface area contributed by atoms with Gasteiger partial charge in [0, 0.05) is 5.25 Å². The molecule has 1 saturated heterocycles. The third kappa shape index (κ3) is 4.31. The second-order valence-electron chi connectivity index (χ2n) is 4.47. The van der Waals surface area contributed by atoms with Gasteiger partial charge < -0.3 is 9.84 Å². The van der Waals surface area contributed by atoms with Gasteiger partial charge in [-0.1, -0.05) is 18.6 Å². The van der Waals surface area contributed by atoms with Crippen molar-refractivity contribution in [3.63, 3.8) is 0 Å². The lowest BCUT2D eigenvalue weighted by Gasteiger charge is -2.26. The number of thioether (sulfide) groups is 1. The molecule has 0 spiro atoms. The smallest absolute Gasteiger partial charge is 0.406 e. The van der Waals surface area contributed by atoms with Crippen LogP contribution in [-0.4, -0.2) is 22.5 Å². The van der Waals surface area contributed by atoms with E-state index in [2.05, 4.69) is 4.74 Å². The van der Waals surface area contributed by atoms with Crippen LogP contribution in [0.1, 0.15) is 30.9 Å². The maximum atomic E-state index is 12.1. The Labute approximate surface area is 114 Å². The standard InChI is InChI=1S/C13H15F3O2S/c14-13(15,16)18-10-5-3-4-9(8-10)12(17)11-6-1-2-7-19-11/h3-5,8,11-12,17H,1-2,6-7H2. The zero-order valence-electron chi connectivity index (χ0n) is 10.2. The van der Waals surface area contributed by atoms with Gasteiger partial charge in [-0.05, 0) is 36.3 Å². The Morgan fingerprint density at radius 3 is 2.74 bits per heavy atom. The molecule has 0 amide bonds. The summed E-state index contributed by atoms with van der Waals surface area (Å²) in [6.45, 7) is 0. The number of alkyl halides is 3. The number of hydrogen-bond donors (Lipinski definition) is 1. The second-order valence-corrected chi connectivity index (χ2v) is 5.82. The first-order valence-corrected chi connectivity index (χ1v) is 7.16. The van der Waals surface area contributed by atoms with Gasteiger partial charge in [0.15, 0.2) is 0 Å². The minimum absolute atomic E-state index is 0.0508. The minimum atomic E-state index is -4.71. The van der Waals surface area contributed by atoms with Crippen LogP contribution in [0, 0.1) is 0 Å². The van der Waals surface area contributed by atoms with Crippen LogP contribution in [0.4, 0.5) is 13.2 Å². The molecule has 1 N–H and O–H groups in total. The van der Waals surface area contributed by atoms with Crippen molar-refractivity contribution in [1.82, 2.24) is 0 Å². The maximum Gasteiger partial charge on any atom is 0.573 e. The van der Waals surface area contributed by atoms with Crippen molar-refractivity contribution in [2.75, 3.05) is 5.75 Å². The molecule has 0 bridgehead atoms. The fourth-order valence-corrected chi connectivity index (χ4v) is 3.47. The number of aliphatic hydroxyl groups excluding tert-OH is 1. The summed E-state index contributed by atoms with van der Waals surface area (Å²) in [6.07, 6.45) is -2.39. The molecule has 1 aromatic rings. The van der Waals surface area contributed by atoms with Crippen LogP contribution >= 0.6 is 11.8 Å². The average Bonchev–Trinajstić information content (AvgIpc) is 2.37. The van der Waals surface area contributed by atoms with Gasteiger partial charge >= 0.3 is 6.36 Å². The van der Waals surface area contributed by atoms with Crippen LogP contribution < -0.4 is 4.74 Å². The molecule has 2 unspecified atom stereocenters. The van der Waals surface area contributed by atoms with Gasteiger partial charge in [0.2, 0.25) is 0 Å². The lowest BCUT2D eigenvalue weighted by molar-refractivity contribution is -0.274. The van der Waals surface area contributed by atoms with Crippen molar-refractivity contribution in [2.24, 2.45) is 0 Å². The third-order valence-corrected chi connectivity index (χ3v) is 4.45. The number of aliphatic hydroxyl groups is 1. The molecule has 106 valence electrons. The van der Waals surface area contributed by atoms with Gasteiger partial charge in [-0.3, -0.25) is 0 Å². The normalized spacial score (nSPS) is 22.0. The summed E-state index contributed by atoms with van der Waals surface area (Å²) in [6, 6.07) is 5.58. The summed E-state index contributed by atoms with van der Waals surface area (Å²) >= 11 is 1.67. The fraction of sp³-hybridized carbons (Fsp3) is 0.538. The van der Waals surface area contributed by atoms with Gasteiger partial charge in [-0.15, -0.1) is 13.2 Å². The summed E-state index contributed by atoms with van der Waals surface area (Å²) in [4.78, 5) is 0. The maximum absolute atomic E-state index is 12.1. The van der Waals surface area contributed by atoms with Crippen molar-refractivity contribution in [2.45, 2.75) is 37.0 Å². The average molecular weight is 292 g/mol. The Morgan fingerprint density at radius 1 is 1.32 bits per heavy atom. The molecule has 0 saturated carbocycles. The van der Waals surface area contributed by atoms with Crippen molar-refractivity contribution < 1.29 is 23.0 Å². The van der Waals surface area contributed by atoms with Gasteiger partial charge in [-0.25, -0.2) is 0 Å². The number of rotatable bonds is 3. The van der Waals surface area contributed by atoms with Crippen molar-refractivity contribution in [1.29, 1.82) is 0 Å². The molecule has 1 aliphatic rings. The molecule has 6 heteroatoms. The van der Waals surface area contributed by atoms with E-state index in [9.17, 15) is 18.3 Å². The van der Waals surface area contributed by atoms with E-state index in [4.69, 9.17) is 0 Å². The molecular weight excluding hydrogens is 277 g/mol. The van der Waals surface area contributed by atoms with Crippen LogP contribution in [-0.2, 0) is 0 Å². The van der Waals surface area contributed by atoms with Crippen LogP contribution in [0.5, 0.6) is 5.75 Å². The summed E-state index contributed by atoms with van der Waals surface area (Å²) in [7, 11) is 0. The zero-order valence-corrected chi connectivity index (χ0v) is 11.0. The van der Waals surface area contributed by atoms with E-state index in [0.29, 0.717) is 5.56 Å². The van der Waals surface area contributed by atoms with E-state index < -0.39 is 12.5 Å². The van der Waals surface area contributed by atoms with E-state index >= 15 is 0 Å². The highest BCUT2D eigenvalue weighted by Gasteiger charge is 2.31. The van der Waals surface area contributed by atoms with E-state index in [1.807, 2.05) is 0 Å². The van der Waals surface area contributed by atoms with E-state index in [0.717, 1.165) is 25.0 Å². The predicted molar refractivity (Wildman–Crippen MR) is 68.2 cm³/mol. The Bertz CT molecular complexity index is 417. The Hall–Kier alpha value is -0.880. The predicted octanol–water partition coefficient (Wildman–Crippen LogP) is 3.90. The Morgan fingerprint density at radius 2 is 2.11 bits per heavy atom. The van der Waals surface area contributed by atoms with Gasteiger partial charge in [0.1, 0.15) is 5.75 Å². The topological polar surface area (TPSA) is 29.5 Å². The van der Waals surface area contributed by atoms with Crippen LogP contribution in [0.25, 0.3) is 0 Å². The highest BCUT2D eigenvalue weighted by atomic mass is 32.2. The third-order valence-electron chi connectivity index (χ3n) is 3.00. The molecule has 1 heterocycles. The second kappa shape index (κ2) is 6.05. The molecule has 0 aromatic heterocycles. The molecule has 1 fully saturated rings. The number of hydrogen-bond acceptors (Lipinski definition) is 3. The van der Waals surface area contributed by atoms with Crippen molar-refractivity contribution in [3.8, 4) is 5.75 Å². The molecule has 2 atom stereocenters. The van der Waals surface area contributed by atoms with Crippen molar-refractivity contribution in [3.05, 3.63) is 29.8 Å². The van der Waals surface area contributed by atoms with Gasteiger partial charge in [-0.2, -0.15) is 11.8 Å². The quantitative estimate of drug-likeness (QED) is 0.916. The summed E-state index contributed by atoms with van der Waals surface area (Å²) in [5.74, 6) is 0.699. The highest BCUT2D eigenvalue weighted by Crippen LogP contribution is 2.36. The Kier molecular flexibility index (Phi) is 4.62. The van der Waals surface area contributed by atoms with Crippen LogP contribution in [0.15, 0.2) is 24.3 Å². The molecule has 0 aliphatic carbocycles. The Balaban J connectivity index is 2.09. The molecule has 0 radical (unpaired) electrons. The first kappa shape index (κ1) is 14.5. The monoisotopic (exact) mass is 292 g/mol. The molecule has 1 aromatic carbocycles. The molecule has 19 heavy (non-hydrogen) atoms. The lowest BCUT2D eigenvalue weighted by atomic mass is 10.0. The van der Waals surface area contributed by atoms with Crippen molar-refractivity contribution >= 4 is 11.8 Å². The largest absolute Gasteiger partial charge is 0.573 e. The minimum Gasteiger partial charge on any atom is -0.406 e. The molecule has 1 aliphatic heterocycles. The van der Waals surface area contributed by atoms with E-state index in [1.54, 1.807) is 17.8 Å². The number of halogens is 3. The summed E-state index contributed by atoms with van der Waals surface area (Å²) < 4.78 is 40.3. The fourth-order valence-electron chi connectivity index (χ4n) is 2.12. The number of ether oxygens (including phenoxy) is 1. The van der Waals surface area contributed by atoms with E-state index in [-0.39, 0.29) is 11.0 Å². The van der Waals surface area contributed by atoms with Crippen LogP contribution in [0.2, 0.25) is 0 Å². The van der Waals surface area contributed by atoms with Crippen LogP contribution in [0.3, 0.4) is 0 Å². The SMILES string of the molecule is OC(c1cccc(OC(F)(F)F)c1)C1CCCCS1. The zero-order chi connectivity index (χ0) is 13.9. The lowest BCUT2D eigenvalue weighted by Crippen LogP contribution is -2.20. The van der Waals surface area contributed by atoms with Gasteiger partial charge in [0.05, 0.1) is 6.10 Å². The van der Waals surface area contributed by atoms with E-state index in [1.165, 1.54) is 18.2 Å². The highest BCUT2D eigenvalue weighted by molar-refractivity contribution is 7.99. The molecule has 2 rings (SSSR count). The first-order valence-electron chi connectivity index (χ1n) is 6.11. The first-order chi connectivity index (χ1) is 8.96. The molecule has 2 nitrogen and oxygen atoms in total. The van der Waals surface area contributed by atoms with Gasteiger partial charge in [0.25, 0.3) is 0 Å².